The summed E-state index contributed by atoms with van der Waals surface area (Å²) in [5, 5.41) is 0.444. The van der Waals surface area contributed by atoms with Crippen molar-refractivity contribution >= 4 is 34.8 Å². The predicted octanol–water partition coefficient (Wildman–Crippen LogP) is 1.88. The molecule has 0 aliphatic carbocycles. The zero-order valence-electron chi connectivity index (χ0n) is 9.13. The van der Waals surface area contributed by atoms with E-state index < -0.39 is 5.91 Å². The number of hydrogen-bond acceptors (Lipinski definition) is 4. The Morgan fingerprint density at radius 3 is 2.47 bits per heavy atom. The van der Waals surface area contributed by atoms with Gasteiger partial charge in [0.25, 0.3) is 5.91 Å². The Kier molecular flexibility index (Phi) is 5.50. The second-order valence-electron chi connectivity index (χ2n) is 3.13. The summed E-state index contributed by atoms with van der Waals surface area (Å²) in [6.07, 6.45) is 0. The molecule has 1 aromatic carbocycles. The Bertz CT molecular complexity index is 390. The SMILES string of the molecule is COCCONC(=O)c1cc(Cl)c(N)c(Cl)c1. The van der Waals surface area contributed by atoms with Crippen molar-refractivity contribution in [1.29, 1.82) is 0 Å². The number of hydrogen-bond donors (Lipinski definition) is 2. The fraction of sp³-hybridized carbons (Fsp3) is 0.300. The smallest absolute Gasteiger partial charge is 0.274 e. The third-order valence-electron chi connectivity index (χ3n) is 1.90. The fourth-order valence-electron chi connectivity index (χ4n) is 1.02. The maximum atomic E-state index is 11.6. The van der Waals surface area contributed by atoms with E-state index in [4.69, 9.17) is 38.5 Å². The second-order valence-corrected chi connectivity index (χ2v) is 3.94. The Morgan fingerprint density at radius 2 is 1.94 bits per heavy atom. The van der Waals surface area contributed by atoms with Crippen LogP contribution in [0.4, 0.5) is 5.69 Å². The molecular formula is C10H12Cl2N2O3. The van der Waals surface area contributed by atoms with Gasteiger partial charge in [0.15, 0.2) is 0 Å². The highest BCUT2D eigenvalue weighted by atomic mass is 35.5. The molecule has 0 saturated carbocycles. The zero-order chi connectivity index (χ0) is 12.8. The summed E-state index contributed by atoms with van der Waals surface area (Å²) in [4.78, 5) is 16.4. The number of halogens is 2. The number of nitrogens with two attached hydrogens (primary N) is 1. The molecule has 1 amide bonds. The van der Waals surface area contributed by atoms with Crippen molar-refractivity contribution in [2.75, 3.05) is 26.1 Å². The second kappa shape index (κ2) is 6.66. The van der Waals surface area contributed by atoms with Gasteiger partial charge in [-0.3, -0.25) is 9.63 Å². The maximum Gasteiger partial charge on any atom is 0.274 e. The Hall–Kier alpha value is -1.01. The molecule has 1 aromatic rings. The molecule has 0 unspecified atom stereocenters. The molecule has 0 aliphatic heterocycles. The van der Waals surface area contributed by atoms with Gasteiger partial charge in [-0.05, 0) is 12.1 Å². The van der Waals surface area contributed by atoms with Gasteiger partial charge in [-0.25, -0.2) is 5.48 Å². The highest BCUT2D eigenvalue weighted by Crippen LogP contribution is 2.28. The van der Waals surface area contributed by atoms with Gasteiger partial charge in [-0.15, -0.1) is 0 Å². The quantitative estimate of drug-likeness (QED) is 0.490. The number of nitrogen functional groups attached to an aromatic ring is 1. The number of ether oxygens (including phenoxy) is 1. The van der Waals surface area contributed by atoms with Gasteiger partial charge in [-0.1, -0.05) is 23.2 Å². The zero-order valence-corrected chi connectivity index (χ0v) is 10.6. The first-order valence-electron chi connectivity index (χ1n) is 4.72. The van der Waals surface area contributed by atoms with E-state index in [1.807, 2.05) is 0 Å². The third-order valence-corrected chi connectivity index (χ3v) is 2.52. The molecule has 0 bridgehead atoms. The lowest BCUT2D eigenvalue weighted by molar-refractivity contribution is 0.00889. The van der Waals surface area contributed by atoms with Crippen LogP contribution in [0.25, 0.3) is 0 Å². The van der Waals surface area contributed by atoms with Crippen LogP contribution in [0.2, 0.25) is 10.0 Å². The van der Waals surface area contributed by atoms with Crippen LogP contribution in [0.5, 0.6) is 0 Å². The highest BCUT2D eigenvalue weighted by molar-refractivity contribution is 6.39. The molecule has 5 nitrogen and oxygen atoms in total. The van der Waals surface area contributed by atoms with E-state index in [1.54, 1.807) is 0 Å². The average molecular weight is 279 g/mol. The highest BCUT2D eigenvalue weighted by Gasteiger charge is 2.11. The van der Waals surface area contributed by atoms with E-state index in [0.29, 0.717) is 6.61 Å². The molecule has 94 valence electrons. The lowest BCUT2D eigenvalue weighted by Gasteiger charge is -2.07. The van der Waals surface area contributed by atoms with Crippen LogP contribution in [-0.2, 0) is 9.57 Å². The summed E-state index contributed by atoms with van der Waals surface area (Å²) in [6, 6.07) is 2.83. The van der Waals surface area contributed by atoms with Gasteiger partial charge in [0, 0.05) is 12.7 Å². The fourth-order valence-corrected chi connectivity index (χ4v) is 1.50. The van der Waals surface area contributed by atoms with Crippen LogP contribution in [0.1, 0.15) is 10.4 Å². The monoisotopic (exact) mass is 278 g/mol. The number of nitrogens with one attached hydrogen (secondary N) is 1. The van der Waals surface area contributed by atoms with Gasteiger partial charge in [0.1, 0.15) is 0 Å². The molecule has 17 heavy (non-hydrogen) atoms. The minimum Gasteiger partial charge on any atom is -0.396 e. The van der Waals surface area contributed by atoms with Crippen molar-refractivity contribution in [1.82, 2.24) is 5.48 Å². The normalized spacial score (nSPS) is 10.3. The summed E-state index contributed by atoms with van der Waals surface area (Å²) in [6.45, 7) is 0.627. The standard InChI is InChI=1S/C10H12Cl2N2O3/c1-16-2-3-17-14-10(15)6-4-7(11)9(13)8(12)5-6/h4-5H,2-3,13H2,1H3,(H,14,15). The van der Waals surface area contributed by atoms with Crippen molar-refractivity contribution < 1.29 is 14.4 Å². The number of methoxy groups -OCH3 is 1. The molecule has 7 heteroatoms. The van der Waals surface area contributed by atoms with Crippen LogP contribution < -0.4 is 11.2 Å². The van der Waals surface area contributed by atoms with E-state index in [9.17, 15) is 4.79 Å². The minimum absolute atomic E-state index is 0.222. The number of carbonyl (C=O) groups is 1. The molecule has 0 atom stereocenters. The van der Waals surface area contributed by atoms with Crippen LogP contribution in [0.3, 0.4) is 0 Å². The van der Waals surface area contributed by atoms with E-state index in [-0.39, 0.29) is 27.9 Å². The van der Waals surface area contributed by atoms with Crippen molar-refractivity contribution in [3.8, 4) is 0 Å². The van der Waals surface area contributed by atoms with E-state index >= 15 is 0 Å². The molecule has 0 aliphatic rings. The van der Waals surface area contributed by atoms with Crippen LogP contribution in [0, 0.1) is 0 Å². The van der Waals surface area contributed by atoms with Crippen molar-refractivity contribution in [3.63, 3.8) is 0 Å². The number of amides is 1. The summed E-state index contributed by atoms with van der Waals surface area (Å²) in [7, 11) is 1.53. The number of hydroxylamine groups is 1. The number of rotatable bonds is 5. The Balaban J connectivity index is 2.63. The number of benzene rings is 1. The lowest BCUT2D eigenvalue weighted by atomic mass is 10.2. The van der Waals surface area contributed by atoms with Crippen LogP contribution in [-0.4, -0.2) is 26.2 Å². The molecule has 0 aromatic heterocycles. The molecule has 0 radical (unpaired) electrons. The third kappa shape index (κ3) is 4.05. The summed E-state index contributed by atoms with van der Waals surface area (Å²) in [5.41, 5.74) is 8.29. The topological polar surface area (TPSA) is 73.6 Å². The Morgan fingerprint density at radius 1 is 1.35 bits per heavy atom. The average Bonchev–Trinajstić information content (AvgIpc) is 2.30. The maximum absolute atomic E-state index is 11.6. The van der Waals surface area contributed by atoms with Gasteiger partial charge >= 0.3 is 0 Å². The number of anilines is 1. The Labute approximate surface area is 109 Å². The first-order valence-corrected chi connectivity index (χ1v) is 5.47. The molecule has 1 rings (SSSR count). The minimum atomic E-state index is -0.454. The summed E-state index contributed by atoms with van der Waals surface area (Å²) >= 11 is 11.6. The van der Waals surface area contributed by atoms with E-state index in [2.05, 4.69) is 5.48 Å². The predicted molar refractivity (Wildman–Crippen MR) is 66.2 cm³/mol. The molecule has 0 spiro atoms. The number of carbonyl (C=O) groups excluding carboxylic acids is 1. The van der Waals surface area contributed by atoms with Crippen LogP contribution >= 0.6 is 23.2 Å². The molecule has 0 fully saturated rings. The van der Waals surface area contributed by atoms with E-state index in [1.165, 1.54) is 19.2 Å². The molecule has 0 heterocycles. The van der Waals surface area contributed by atoms with Gasteiger partial charge in [0.2, 0.25) is 0 Å². The van der Waals surface area contributed by atoms with Crippen molar-refractivity contribution in [3.05, 3.63) is 27.7 Å². The molecule has 0 saturated heterocycles. The molecular weight excluding hydrogens is 267 g/mol. The summed E-state index contributed by atoms with van der Waals surface area (Å²) < 4.78 is 4.75. The lowest BCUT2D eigenvalue weighted by Crippen LogP contribution is -2.25. The first-order chi connectivity index (χ1) is 8.06. The first kappa shape index (κ1) is 14.1. The van der Waals surface area contributed by atoms with Gasteiger partial charge in [-0.2, -0.15) is 0 Å². The van der Waals surface area contributed by atoms with Gasteiger partial charge < -0.3 is 10.5 Å². The van der Waals surface area contributed by atoms with Crippen molar-refractivity contribution in [2.45, 2.75) is 0 Å². The molecule has 3 N–H and O–H groups in total. The van der Waals surface area contributed by atoms with E-state index in [0.717, 1.165) is 0 Å². The van der Waals surface area contributed by atoms with Crippen molar-refractivity contribution in [2.24, 2.45) is 0 Å². The van der Waals surface area contributed by atoms with Crippen LogP contribution in [0.15, 0.2) is 12.1 Å². The summed E-state index contributed by atoms with van der Waals surface area (Å²) in [5.74, 6) is -0.454. The van der Waals surface area contributed by atoms with Gasteiger partial charge in [0.05, 0.1) is 28.9 Å². The largest absolute Gasteiger partial charge is 0.396 e.